The molecule has 3 rings (SSSR count). The molecule has 0 aliphatic rings. The highest BCUT2D eigenvalue weighted by molar-refractivity contribution is 7.90. The highest BCUT2D eigenvalue weighted by Crippen LogP contribution is 2.32. The summed E-state index contributed by atoms with van der Waals surface area (Å²) in [7, 11) is -3.72. The molecule has 27 heavy (non-hydrogen) atoms. The van der Waals surface area contributed by atoms with Crippen molar-refractivity contribution in [3.63, 3.8) is 0 Å². The van der Waals surface area contributed by atoms with E-state index in [9.17, 15) is 18.5 Å². The number of sulfone groups is 1. The van der Waals surface area contributed by atoms with Crippen LogP contribution in [0.15, 0.2) is 65.8 Å². The molecule has 1 aromatic heterocycles. The SMILES string of the molecule is CS(=O)(=O)c1cccc(NCc2ccccc2Cn2cccn2)c1[N+](=O)[O-]. The molecule has 0 unspecified atom stereocenters. The van der Waals surface area contributed by atoms with Crippen LogP contribution in [0.1, 0.15) is 11.1 Å². The summed E-state index contributed by atoms with van der Waals surface area (Å²) in [6.07, 6.45) is 4.50. The summed E-state index contributed by atoms with van der Waals surface area (Å²) >= 11 is 0. The van der Waals surface area contributed by atoms with Gasteiger partial charge in [0.2, 0.25) is 0 Å². The molecule has 1 N–H and O–H groups in total. The molecular weight excluding hydrogens is 368 g/mol. The molecule has 9 heteroatoms. The van der Waals surface area contributed by atoms with Crippen LogP contribution in [0.4, 0.5) is 11.4 Å². The van der Waals surface area contributed by atoms with E-state index in [0.717, 1.165) is 17.4 Å². The van der Waals surface area contributed by atoms with Gasteiger partial charge in [0, 0.05) is 25.2 Å². The maximum atomic E-state index is 11.9. The van der Waals surface area contributed by atoms with Crippen molar-refractivity contribution in [1.29, 1.82) is 0 Å². The maximum Gasteiger partial charge on any atom is 0.310 e. The predicted molar refractivity (Wildman–Crippen MR) is 101 cm³/mol. The number of rotatable bonds is 7. The van der Waals surface area contributed by atoms with Crippen molar-refractivity contribution in [1.82, 2.24) is 9.78 Å². The molecule has 0 spiro atoms. The minimum Gasteiger partial charge on any atom is -0.375 e. The van der Waals surface area contributed by atoms with Crippen molar-refractivity contribution in [3.05, 3.63) is 82.2 Å². The number of nitrogens with one attached hydrogen (secondary N) is 1. The maximum absolute atomic E-state index is 11.9. The van der Waals surface area contributed by atoms with Crippen LogP contribution in [0.5, 0.6) is 0 Å². The third-order valence-electron chi connectivity index (χ3n) is 4.06. The van der Waals surface area contributed by atoms with Crippen molar-refractivity contribution in [3.8, 4) is 0 Å². The Hall–Kier alpha value is -3.20. The first-order valence-corrected chi connectivity index (χ1v) is 10.0. The van der Waals surface area contributed by atoms with Crippen LogP contribution in [0.3, 0.4) is 0 Å². The van der Waals surface area contributed by atoms with Crippen LogP contribution < -0.4 is 5.32 Å². The lowest BCUT2D eigenvalue weighted by molar-refractivity contribution is -0.386. The van der Waals surface area contributed by atoms with Gasteiger partial charge in [-0.1, -0.05) is 30.3 Å². The van der Waals surface area contributed by atoms with Crippen LogP contribution >= 0.6 is 0 Å². The number of hydrogen-bond acceptors (Lipinski definition) is 6. The third kappa shape index (κ3) is 4.32. The Morgan fingerprint density at radius 2 is 1.85 bits per heavy atom. The number of aromatic nitrogens is 2. The van der Waals surface area contributed by atoms with E-state index in [1.165, 1.54) is 18.2 Å². The van der Waals surface area contributed by atoms with Crippen LogP contribution in [0.2, 0.25) is 0 Å². The number of nitro benzene ring substituents is 1. The molecule has 0 bridgehead atoms. The minimum atomic E-state index is -3.72. The molecule has 0 saturated carbocycles. The highest BCUT2D eigenvalue weighted by atomic mass is 32.2. The van der Waals surface area contributed by atoms with E-state index in [4.69, 9.17) is 0 Å². The van der Waals surface area contributed by atoms with Gasteiger partial charge < -0.3 is 5.32 Å². The fourth-order valence-electron chi connectivity index (χ4n) is 2.80. The number of benzene rings is 2. The number of hydrogen-bond donors (Lipinski definition) is 1. The molecule has 0 aliphatic heterocycles. The van der Waals surface area contributed by atoms with Gasteiger partial charge in [0.25, 0.3) is 0 Å². The Kier molecular flexibility index (Phi) is 5.22. The zero-order valence-corrected chi connectivity index (χ0v) is 15.4. The van der Waals surface area contributed by atoms with E-state index < -0.39 is 20.4 Å². The second-order valence-electron chi connectivity index (χ2n) is 6.01. The molecule has 1 heterocycles. The Morgan fingerprint density at radius 3 is 2.48 bits per heavy atom. The van der Waals surface area contributed by atoms with Crippen molar-refractivity contribution in [2.75, 3.05) is 11.6 Å². The summed E-state index contributed by atoms with van der Waals surface area (Å²) in [6, 6.07) is 13.7. The highest BCUT2D eigenvalue weighted by Gasteiger charge is 2.26. The van der Waals surface area contributed by atoms with Crippen LogP contribution in [-0.2, 0) is 22.9 Å². The average Bonchev–Trinajstić information content (AvgIpc) is 3.13. The first-order valence-electron chi connectivity index (χ1n) is 8.12. The van der Waals surface area contributed by atoms with Crippen LogP contribution in [0, 0.1) is 10.1 Å². The number of nitrogens with zero attached hydrogens (tertiary/aromatic N) is 3. The second kappa shape index (κ2) is 7.58. The van der Waals surface area contributed by atoms with Crippen LogP contribution in [0.25, 0.3) is 0 Å². The Balaban J connectivity index is 1.89. The van der Waals surface area contributed by atoms with E-state index in [2.05, 4.69) is 10.4 Å². The van der Waals surface area contributed by atoms with E-state index in [-0.39, 0.29) is 10.6 Å². The van der Waals surface area contributed by atoms with Gasteiger partial charge in [0.1, 0.15) is 10.6 Å². The smallest absolute Gasteiger partial charge is 0.310 e. The number of anilines is 1. The van der Waals surface area contributed by atoms with Gasteiger partial charge in [-0.25, -0.2) is 8.42 Å². The minimum absolute atomic E-state index is 0.164. The van der Waals surface area contributed by atoms with Gasteiger partial charge in [-0.3, -0.25) is 14.8 Å². The zero-order valence-electron chi connectivity index (χ0n) is 14.6. The standard InChI is InChI=1S/C18H18N4O4S/c1-27(25,26)17-9-4-8-16(18(17)22(23)24)19-12-14-6-2-3-7-15(14)13-21-11-5-10-20-21/h2-11,19H,12-13H2,1H3. The van der Waals surface area contributed by atoms with E-state index in [0.29, 0.717) is 13.1 Å². The largest absolute Gasteiger partial charge is 0.375 e. The number of nitro groups is 1. The fourth-order valence-corrected chi connectivity index (χ4v) is 3.66. The lowest BCUT2D eigenvalue weighted by Crippen LogP contribution is -2.10. The molecule has 0 fully saturated rings. The Labute approximate surface area is 156 Å². The third-order valence-corrected chi connectivity index (χ3v) is 5.19. The molecule has 3 aromatic rings. The Bertz CT molecular complexity index is 1060. The zero-order chi connectivity index (χ0) is 19.4. The van der Waals surface area contributed by atoms with Gasteiger partial charge in [-0.15, -0.1) is 0 Å². The average molecular weight is 386 g/mol. The predicted octanol–water partition coefficient (Wildman–Crippen LogP) is 2.86. The van der Waals surface area contributed by atoms with Crippen molar-refractivity contribution in [2.24, 2.45) is 0 Å². The van der Waals surface area contributed by atoms with Gasteiger partial charge in [-0.05, 0) is 29.3 Å². The molecule has 2 aromatic carbocycles. The molecule has 0 aliphatic carbocycles. The molecule has 0 radical (unpaired) electrons. The topological polar surface area (TPSA) is 107 Å². The summed E-state index contributed by atoms with van der Waals surface area (Å²) < 4.78 is 25.5. The lowest BCUT2D eigenvalue weighted by Gasteiger charge is -2.13. The van der Waals surface area contributed by atoms with Crippen molar-refractivity contribution >= 4 is 21.2 Å². The quantitative estimate of drug-likeness (QED) is 0.494. The van der Waals surface area contributed by atoms with E-state index >= 15 is 0 Å². The lowest BCUT2D eigenvalue weighted by atomic mass is 10.1. The van der Waals surface area contributed by atoms with Gasteiger partial charge in [0.05, 0.1) is 11.5 Å². The normalized spacial score (nSPS) is 11.3. The molecule has 0 atom stereocenters. The van der Waals surface area contributed by atoms with Crippen LogP contribution in [-0.4, -0.2) is 29.4 Å². The monoisotopic (exact) mass is 386 g/mol. The molecule has 0 amide bonds. The van der Waals surface area contributed by atoms with Gasteiger partial charge in [0.15, 0.2) is 9.84 Å². The summed E-state index contributed by atoms with van der Waals surface area (Å²) in [5.74, 6) is 0. The number of para-hydroxylation sites is 1. The first kappa shape index (κ1) is 18.6. The Morgan fingerprint density at radius 1 is 1.11 bits per heavy atom. The molecule has 8 nitrogen and oxygen atoms in total. The summed E-state index contributed by atoms with van der Waals surface area (Å²) in [6.45, 7) is 0.877. The summed E-state index contributed by atoms with van der Waals surface area (Å²) in [5, 5.41) is 18.7. The fraction of sp³-hybridized carbons (Fsp3) is 0.167. The van der Waals surface area contributed by atoms with Gasteiger partial charge >= 0.3 is 5.69 Å². The molecular formula is C18H18N4O4S. The van der Waals surface area contributed by atoms with Crippen molar-refractivity contribution in [2.45, 2.75) is 18.0 Å². The summed E-state index contributed by atoms with van der Waals surface area (Å²) in [4.78, 5) is 10.5. The van der Waals surface area contributed by atoms with Crippen molar-refractivity contribution < 1.29 is 13.3 Å². The summed E-state index contributed by atoms with van der Waals surface area (Å²) in [5.41, 5.74) is 1.67. The first-order chi connectivity index (χ1) is 12.9. The molecule has 140 valence electrons. The van der Waals surface area contributed by atoms with E-state index in [1.54, 1.807) is 10.9 Å². The van der Waals surface area contributed by atoms with E-state index in [1.807, 2.05) is 36.5 Å². The van der Waals surface area contributed by atoms with Gasteiger partial charge in [-0.2, -0.15) is 5.10 Å². The molecule has 0 saturated heterocycles. The second-order valence-corrected chi connectivity index (χ2v) is 7.99.